The van der Waals surface area contributed by atoms with Crippen LogP contribution in [0.1, 0.15) is 33.6 Å². The normalized spacial score (nSPS) is 22.6. The Morgan fingerprint density at radius 1 is 1.15 bits per heavy atom. The van der Waals surface area contributed by atoms with Crippen LogP contribution in [0, 0.1) is 17.3 Å². The monoisotopic (exact) mass is 282 g/mol. The molecule has 1 saturated heterocycles. The molecule has 2 fully saturated rings. The van der Waals surface area contributed by atoms with Crippen LogP contribution in [0.15, 0.2) is 0 Å². The molecule has 0 radical (unpaired) electrons. The molecule has 5 heteroatoms. The fourth-order valence-electron chi connectivity index (χ4n) is 2.85. The van der Waals surface area contributed by atoms with Gasteiger partial charge in [-0.3, -0.25) is 14.5 Å². The molecule has 0 spiro atoms. The number of carbonyl (C=O) groups is 2. The fourth-order valence-corrected chi connectivity index (χ4v) is 2.85. The van der Waals surface area contributed by atoms with Gasteiger partial charge in [0.2, 0.25) is 5.91 Å². The molecule has 2 aliphatic rings. The van der Waals surface area contributed by atoms with Crippen molar-refractivity contribution < 1.29 is 14.7 Å². The molecule has 0 bridgehead atoms. The standard InChI is InChI=1S/C15H26N2O3/c1-15(2,3)12(14(19)20)13(18)17-8-6-16(7-9-17)10-11-4-5-11/h11-12H,4-10H2,1-3H3,(H,19,20). The Labute approximate surface area is 120 Å². The van der Waals surface area contributed by atoms with Gasteiger partial charge in [-0.1, -0.05) is 20.8 Å². The Morgan fingerprint density at radius 2 is 1.70 bits per heavy atom. The zero-order valence-electron chi connectivity index (χ0n) is 12.8. The third-order valence-electron chi connectivity index (χ3n) is 4.26. The van der Waals surface area contributed by atoms with Crippen LogP contribution in [-0.4, -0.2) is 59.5 Å². The van der Waals surface area contributed by atoms with Crippen LogP contribution in [0.2, 0.25) is 0 Å². The predicted octanol–water partition coefficient (Wildman–Crippen LogP) is 1.29. The van der Waals surface area contributed by atoms with Crippen molar-refractivity contribution >= 4 is 11.9 Å². The molecule has 1 N–H and O–H groups in total. The second-order valence-corrected chi connectivity index (χ2v) is 7.21. The minimum Gasteiger partial charge on any atom is -0.481 e. The number of carbonyl (C=O) groups excluding carboxylic acids is 1. The summed E-state index contributed by atoms with van der Waals surface area (Å²) in [6, 6.07) is 0. The van der Waals surface area contributed by atoms with Gasteiger partial charge < -0.3 is 10.0 Å². The maximum absolute atomic E-state index is 12.5. The molecule has 114 valence electrons. The summed E-state index contributed by atoms with van der Waals surface area (Å²) >= 11 is 0. The highest BCUT2D eigenvalue weighted by molar-refractivity contribution is 5.97. The van der Waals surface area contributed by atoms with Gasteiger partial charge in [0.1, 0.15) is 5.92 Å². The maximum atomic E-state index is 12.5. The fraction of sp³-hybridized carbons (Fsp3) is 0.867. The minimum absolute atomic E-state index is 0.226. The Kier molecular flexibility index (Phi) is 4.37. The van der Waals surface area contributed by atoms with Crippen molar-refractivity contribution in [1.29, 1.82) is 0 Å². The summed E-state index contributed by atoms with van der Waals surface area (Å²) in [5.41, 5.74) is -0.548. The molecule has 2 rings (SSSR count). The lowest BCUT2D eigenvalue weighted by Gasteiger charge is -2.38. The van der Waals surface area contributed by atoms with E-state index in [4.69, 9.17) is 0 Å². The highest BCUT2D eigenvalue weighted by Crippen LogP contribution is 2.31. The summed E-state index contributed by atoms with van der Waals surface area (Å²) in [5, 5.41) is 9.33. The summed E-state index contributed by atoms with van der Waals surface area (Å²) < 4.78 is 0. The Bertz CT molecular complexity index is 377. The first-order valence-corrected chi connectivity index (χ1v) is 7.53. The zero-order valence-corrected chi connectivity index (χ0v) is 12.8. The van der Waals surface area contributed by atoms with Gasteiger partial charge in [0.15, 0.2) is 0 Å². The van der Waals surface area contributed by atoms with Crippen LogP contribution in [0.4, 0.5) is 0 Å². The molecule has 0 aromatic heterocycles. The van der Waals surface area contributed by atoms with Crippen molar-refractivity contribution in [3.8, 4) is 0 Å². The zero-order chi connectivity index (χ0) is 14.9. The van der Waals surface area contributed by atoms with E-state index in [1.54, 1.807) is 4.90 Å². The lowest BCUT2D eigenvalue weighted by Crippen LogP contribution is -2.53. The van der Waals surface area contributed by atoms with Crippen LogP contribution in [0.3, 0.4) is 0 Å². The van der Waals surface area contributed by atoms with Crippen molar-refractivity contribution in [2.45, 2.75) is 33.6 Å². The number of piperazine rings is 1. The molecule has 1 aliphatic carbocycles. The lowest BCUT2D eigenvalue weighted by atomic mass is 9.79. The third-order valence-corrected chi connectivity index (χ3v) is 4.26. The summed E-state index contributed by atoms with van der Waals surface area (Å²) in [4.78, 5) is 28.0. The van der Waals surface area contributed by atoms with E-state index in [0.29, 0.717) is 13.1 Å². The topological polar surface area (TPSA) is 60.9 Å². The van der Waals surface area contributed by atoms with E-state index in [0.717, 1.165) is 25.6 Å². The van der Waals surface area contributed by atoms with Crippen LogP contribution < -0.4 is 0 Å². The van der Waals surface area contributed by atoms with Crippen LogP contribution in [0.25, 0.3) is 0 Å². The summed E-state index contributed by atoms with van der Waals surface area (Å²) in [5.74, 6) is -1.32. The molecule has 1 aliphatic heterocycles. The van der Waals surface area contributed by atoms with E-state index in [2.05, 4.69) is 4.90 Å². The number of hydrogen-bond acceptors (Lipinski definition) is 3. The number of aliphatic carboxylic acids is 1. The summed E-state index contributed by atoms with van der Waals surface area (Å²) in [6.45, 7) is 9.64. The number of amides is 1. The van der Waals surface area contributed by atoms with Gasteiger partial charge in [0, 0.05) is 32.7 Å². The van der Waals surface area contributed by atoms with Gasteiger partial charge in [-0.25, -0.2) is 0 Å². The van der Waals surface area contributed by atoms with Gasteiger partial charge >= 0.3 is 5.97 Å². The predicted molar refractivity (Wildman–Crippen MR) is 76.3 cm³/mol. The smallest absolute Gasteiger partial charge is 0.316 e. The lowest BCUT2D eigenvalue weighted by molar-refractivity contribution is -0.157. The molecule has 0 aromatic rings. The van der Waals surface area contributed by atoms with Gasteiger partial charge in [-0.05, 0) is 24.2 Å². The highest BCUT2D eigenvalue weighted by Gasteiger charge is 2.41. The summed E-state index contributed by atoms with van der Waals surface area (Å²) in [7, 11) is 0. The van der Waals surface area contributed by atoms with Crippen molar-refractivity contribution in [2.24, 2.45) is 17.3 Å². The van der Waals surface area contributed by atoms with Gasteiger partial charge in [0.05, 0.1) is 0 Å². The molecule has 1 amide bonds. The maximum Gasteiger partial charge on any atom is 0.316 e. The van der Waals surface area contributed by atoms with Crippen LogP contribution >= 0.6 is 0 Å². The quantitative estimate of drug-likeness (QED) is 0.789. The third kappa shape index (κ3) is 3.72. The SMILES string of the molecule is CC(C)(C)C(C(=O)O)C(=O)N1CCN(CC2CC2)CC1. The largest absolute Gasteiger partial charge is 0.481 e. The molecular weight excluding hydrogens is 256 g/mol. The Balaban J connectivity index is 1.90. The highest BCUT2D eigenvalue weighted by atomic mass is 16.4. The van der Waals surface area contributed by atoms with E-state index in [-0.39, 0.29) is 5.91 Å². The molecule has 0 aromatic carbocycles. The number of nitrogens with zero attached hydrogens (tertiary/aromatic N) is 2. The average molecular weight is 282 g/mol. The van der Waals surface area contributed by atoms with E-state index >= 15 is 0 Å². The molecule has 1 atom stereocenters. The first kappa shape index (κ1) is 15.3. The molecular formula is C15H26N2O3. The molecule has 20 heavy (non-hydrogen) atoms. The molecule has 5 nitrogen and oxygen atoms in total. The van der Waals surface area contributed by atoms with Crippen molar-refractivity contribution in [1.82, 2.24) is 9.80 Å². The first-order chi connectivity index (χ1) is 9.29. The minimum atomic E-state index is -1.01. The van der Waals surface area contributed by atoms with E-state index in [9.17, 15) is 14.7 Å². The molecule has 1 unspecified atom stereocenters. The van der Waals surface area contributed by atoms with Gasteiger partial charge in [0.25, 0.3) is 0 Å². The number of carboxylic acid groups (broad SMARTS) is 1. The van der Waals surface area contributed by atoms with Crippen molar-refractivity contribution in [3.05, 3.63) is 0 Å². The first-order valence-electron chi connectivity index (χ1n) is 7.53. The van der Waals surface area contributed by atoms with Crippen molar-refractivity contribution in [3.63, 3.8) is 0 Å². The second kappa shape index (κ2) is 5.72. The van der Waals surface area contributed by atoms with Crippen molar-refractivity contribution in [2.75, 3.05) is 32.7 Å². The van der Waals surface area contributed by atoms with Crippen LogP contribution in [0.5, 0.6) is 0 Å². The number of hydrogen-bond donors (Lipinski definition) is 1. The van der Waals surface area contributed by atoms with Crippen LogP contribution in [-0.2, 0) is 9.59 Å². The second-order valence-electron chi connectivity index (χ2n) is 7.21. The summed E-state index contributed by atoms with van der Waals surface area (Å²) in [6.07, 6.45) is 2.68. The average Bonchev–Trinajstić information content (AvgIpc) is 3.11. The Morgan fingerprint density at radius 3 is 2.10 bits per heavy atom. The van der Waals surface area contributed by atoms with E-state index in [1.807, 2.05) is 20.8 Å². The number of carboxylic acids is 1. The Hall–Kier alpha value is -1.10. The van der Waals surface area contributed by atoms with E-state index < -0.39 is 17.3 Å². The molecule has 1 heterocycles. The molecule has 1 saturated carbocycles. The van der Waals surface area contributed by atoms with Gasteiger partial charge in [-0.15, -0.1) is 0 Å². The van der Waals surface area contributed by atoms with E-state index in [1.165, 1.54) is 12.8 Å². The van der Waals surface area contributed by atoms with Gasteiger partial charge in [-0.2, -0.15) is 0 Å². The number of rotatable bonds is 4.